The molecule has 0 saturated carbocycles. The van der Waals surface area contributed by atoms with Gasteiger partial charge in [-0.2, -0.15) is 0 Å². The lowest BCUT2D eigenvalue weighted by Crippen LogP contribution is -2.45. The van der Waals surface area contributed by atoms with E-state index in [0.717, 1.165) is 13.1 Å². The highest BCUT2D eigenvalue weighted by Gasteiger charge is 2.25. The summed E-state index contributed by atoms with van der Waals surface area (Å²) in [7, 11) is 2.04. The second-order valence-electron chi connectivity index (χ2n) is 4.98. The predicted molar refractivity (Wildman–Crippen MR) is 65.4 cm³/mol. The first-order valence-corrected chi connectivity index (χ1v) is 5.99. The van der Waals surface area contributed by atoms with E-state index in [-0.39, 0.29) is 5.56 Å². The number of hydrogen-bond acceptors (Lipinski definition) is 4. The number of halogens is 1. The van der Waals surface area contributed by atoms with Crippen LogP contribution in [0.25, 0.3) is 11.0 Å². The van der Waals surface area contributed by atoms with Gasteiger partial charge in [-0.15, -0.1) is 5.10 Å². The molecule has 1 aromatic heterocycles. The smallest absolute Gasteiger partial charge is 0.338 e. The molecule has 7 heteroatoms. The molecule has 1 aliphatic rings. The van der Waals surface area contributed by atoms with Crippen molar-refractivity contribution in [3.63, 3.8) is 0 Å². The van der Waals surface area contributed by atoms with E-state index in [0.29, 0.717) is 23.5 Å². The number of aromatic nitrogens is 3. The van der Waals surface area contributed by atoms with Crippen molar-refractivity contribution in [1.82, 2.24) is 19.9 Å². The lowest BCUT2D eigenvalue weighted by atomic mass is 10.0. The van der Waals surface area contributed by atoms with Gasteiger partial charge in [0.05, 0.1) is 11.1 Å². The van der Waals surface area contributed by atoms with Crippen molar-refractivity contribution in [2.75, 3.05) is 20.1 Å². The van der Waals surface area contributed by atoms with Crippen LogP contribution in [0.5, 0.6) is 0 Å². The first kappa shape index (κ1) is 12.0. The van der Waals surface area contributed by atoms with Gasteiger partial charge in [-0.3, -0.25) is 0 Å². The summed E-state index contributed by atoms with van der Waals surface area (Å²) in [4.78, 5) is 13.0. The quantitative estimate of drug-likeness (QED) is 0.889. The Morgan fingerprint density at radius 1 is 1.53 bits per heavy atom. The topological polar surface area (TPSA) is 71.2 Å². The van der Waals surface area contributed by atoms with E-state index >= 15 is 0 Å². The van der Waals surface area contributed by atoms with E-state index in [1.165, 1.54) is 12.1 Å². The zero-order valence-corrected chi connectivity index (χ0v) is 10.4. The van der Waals surface area contributed by atoms with Crippen LogP contribution in [0.2, 0.25) is 0 Å². The summed E-state index contributed by atoms with van der Waals surface area (Å²) in [5.74, 6) is -1.57. The molecule has 100 valence electrons. The molecular weight excluding hydrogens is 251 g/mol. The number of carbonyl (C=O) groups is 1. The predicted octanol–water partition coefficient (Wildman–Crippen LogP) is 0.830. The summed E-state index contributed by atoms with van der Waals surface area (Å²) in [6, 6.07) is 2.42. The average molecular weight is 264 g/mol. The third-order valence-corrected chi connectivity index (χ3v) is 3.40. The van der Waals surface area contributed by atoms with E-state index in [1.807, 2.05) is 7.05 Å². The van der Waals surface area contributed by atoms with Gasteiger partial charge in [0.25, 0.3) is 0 Å². The molecule has 3 rings (SSSR count). The molecule has 0 unspecified atom stereocenters. The second-order valence-corrected chi connectivity index (χ2v) is 4.98. The average Bonchev–Trinajstić information content (AvgIpc) is 2.68. The van der Waals surface area contributed by atoms with Crippen molar-refractivity contribution in [3.8, 4) is 0 Å². The minimum Gasteiger partial charge on any atom is -0.478 e. The Bertz CT molecular complexity index is 648. The monoisotopic (exact) mass is 264 g/mol. The lowest BCUT2D eigenvalue weighted by molar-refractivity contribution is 0.0692. The van der Waals surface area contributed by atoms with Crippen LogP contribution in [0.4, 0.5) is 4.39 Å². The number of likely N-dealkylation sites (tertiary alicyclic amines) is 1. The maximum Gasteiger partial charge on any atom is 0.338 e. The maximum absolute atomic E-state index is 13.7. The molecule has 0 aliphatic carbocycles. The van der Waals surface area contributed by atoms with E-state index in [4.69, 9.17) is 5.11 Å². The summed E-state index contributed by atoms with van der Waals surface area (Å²) in [6.45, 7) is 2.64. The molecule has 2 heterocycles. The third kappa shape index (κ3) is 2.06. The molecular formula is C12H13FN4O2. The molecule has 0 amide bonds. The van der Waals surface area contributed by atoms with Crippen molar-refractivity contribution >= 4 is 17.0 Å². The Balaban J connectivity index is 1.94. The van der Waals surface area contributed by atoms with E-state index < -0.39 is 11.8 Å². The molecule has 1 aliphatic heterocycles. The summed E-state index contributed by atoms with van der Waals surface area (Å²) in [6.07, 6.45) is 0. The number of hydrogen-bond donors (Lipinski definition) is 1. The van der Waals surface area contributed by atoms with Gasteiger partial charge in [0.2, 0.25) is 0 Å². The van der Waals surface area contributed by atoms with Crippen LogP contribution in [-0.2, 0) is 6.54 Å². The first-order chi connectivity index (χ1) is 9.04. The molecule has 1 fully saturated rings. The Kier molecular flexibility index (Phi) is 2.70. The third-order valence-electron chi connectivity index (χ3n) is 3.40. The highest BCUT2D eigenvalue weighted by molar-refractivity contribution is 5.92. The fraction of sp³-hybridized carbons (Fsp3) is 0.417. The second kappa shape index (κ2) is 4.27. The maximum atomic E-state index is 13.7. The Hall–Kier alpha value is -2.02. The molecule has 2 aromatic rings. The number of carboxylic acid groups (broad SMARTS) is 1. The Morgan fingerprint density at radius 3 is 2.89 bits per heavy atom. The SMILES string of the molecule is CN1CC(Cn2nnc3cc(C(=O)O)c(F)cc32)C1. The van der Waals surface area contributed by atoms with E-state index in [2.05, 4.69) is 15.2 Å². The fourth-order valence-electron chi connectivity index (χ4n) is 2.48. The number of aromatic carboxylic acids is 1. The van der Waals surface area contributed by atoms with Gasteiger partial charge >= 0.3 is 5.97 Å². The van der Waals surface area contributed by atoms with Crippen LogP contribution in [0.15, 0.2) is 12.1 Å². The van der Waals surface area contributed by atoms with E-state index in [9.17, 15) is 9.18 Å². The van der Waals surface area contributed by atoms with Gasteiger partial charge in [0.1, 0.15) is 11.3 Å². The lowest BCUT2D eigenvalue weighted by Gasteiger charge is -2.35. The summed E-state index contributed by atoms with van der Waals surface area (Å²) < 4.78 is 15.3. The normalized spacial score (nSPS) is 16.7. The van der Waals surface area contributed by atoms with Crippen molar-refractivity contribution in [3.05, 3.63) is 23.5 Å². The number of fused-ring (bicyclic) bond motifs is 1. The van der Waals surface area contributed by atoms with Crippen LogP contribution in [0, 0.1) is 11.7 Å². The number of nitrogens with zero attached hydrogens (tertiary/aromatic N) is 4. The molecule has 0 radical (unpaired) electrons. The van der Waals surface area contributed by atoms with Crippen molar-refractivity contribution in [2.45, 2.75) is 6.54 Å². The number of benzene rings is 1. The highest BCUT2D eigenvalue weighted by Crippen LogP contribution is 2.20. The highest BCUT2D eigenvalue weighted by atomic mass is 19.1. The minimum absolute atomic E-state index is 0.372. The van der Waals surface area contributed by atoms with Crippen molar-refractivity contribution in [2.24, 2.45) is 5.92 Å². The van der Waals surface area contributed by atoms with Crippen LogP contribution in [-0.4, -0.2) is 51.1 Å². The van der Waals surface area contributed by atoms with Crippen molar-refractivity contribution in [1.29, 1.82) is 0 Å². The summed E-state index contributed by atoms with van der Waals surface area (Å²) in [5.41, 5.74) is 0.575. The Morgan fingerprint density at radius 2 is 2.26 bits per heavy atom. The van der Waals surface area contributed by atoms with Gasteiger partial charge in [-0.05, 0) is 13.1 Å². The van der Waals surface area contributed by atoms with Crippen LogP contribution >= 0.6 is 0 Å². The number of carboxylic acids is 1. The number of rotatable bonds is 3. The standard InChI is InChI=1S/C12H13FN4O2/c1-16-4-7(5-16)6-17-11-3-9(13)8(12(18)19)2-10(11)14-15-17/h2-3,7H,4-6H2,1H3,(H,18,19). The zero-order chi connectivity index (χ0) is 13.6. The molecule has 0 atom stereocenters. The van der Waals surface area contributed by atoms with Crippen LogP contribution in [0.1, 0.15) is 10.4 Å². The largest absolute Gasteiger partial charge is 0.478 e. The molecule has 0 bridgehead atoms. The van der Waals surface area contributed by atoms with E-state index in [1.54, 1.807) is 4.68 Å². The fourth-order valence-corrected chi connectivity index (χ4v) is 2.48. The molecule has 0 spiro atoms. The molecule has 1 aromatic carbocycles. The zero-order valence-electron chi connectivity index (χ0n) is 10.4. The van der Waals surface area contributed by atoms with Gasteiger partial charge in [-0.25, -0.2) is 13.9 Å². The molecule has 1 saturated heterocycles. The van der Waals surface area contributed by atoms with Gasteiger partial charge in [0.15, 0.2) is 0 Å². The van der Waals surface area contributed by atoms with Crippen LogP contribution in [0.3, 0.4) is 0 Å². The summed E-state index contributed by atoms with van der Waals surface area (Å²) >= 11 is 0. The molecule has 1 N–H and O–H groups in total. The van der Waals surface area contributed by atoms with Crippen molar-refractivity contribution < 1.29 is 14.3 Å². The van der Waals surface area contributed by atoms with Gasteiger partial charge in [-0.1, -0.05) is 5.21 Å². The van der Waals surface area contributed by atoms with Gasteiger partial charge < -0.3 is 10.0 Å². The molecule has 6 nitrogen and oxygen atoms in total. The minimum atomic E-state index is -1.30. The van der Waals surface area contributed by atoms with Gasteiger partial charge in [0, 0.05) is 31.6 Å². The summed E-state index contributed by atoms with van der Waals surface area (Å²) in [5, 5.41) is 16.7. The first-order valence-electron chi connectivity index (χ1n) is 5.99. The Labute approximate surface area is 108 Å². The van der Waals surface area contributed by atoms with Crippen LogP contribution < -0.4 is 0 Å². The molecule has 19 heavy (non-hydrogen) atoms.